The molecule has 0 aliphatic carbocycles. The van der Waals surface area contributed by atoms with Crippen LogP contribution in [-0.2, 0) is 19.1 Å². The van der Waals surface area contributed by atoms with Gasteiger partial charge in [0.15, 0.2) is 0 Å². The van der Waals surface area contributed by atoms with E-state index in [-0.39, 0.29) is 17.4 Å². The Bertz CT molecular complexity index is 1570. The molecule has 0 radical (unpaired) electrons. The van der Waals surface area contributed by atoms with Gasteiger partial charge in [-0.05, 0) is 71.6 Å². The van der Waals surface area contributed by atoms with Crippen LogP contribution in [0.1, 0.15) is 16.7 Å². The number of aromatic nitrogens is 5. The Morgan fingerprint density at radius 1 is 0.944 bits per heavy atom. The Hall–Kier alpha value is -3.40. The molecule has 0 amide bonds. The molecule has 2 aromatic heterocycles. The summed E-state index contributed by atoms with van der Waals surface area (Å²) >= 11 is 5.79. The molecule has 5 aromatic rings. The third-order valence-electron chi connectivity index (χ3n) is 6.24. The monoisotopic (exact) mass is 530 g/mol. The summed E-state index contributed by atoms with van der Waals surface area (Å²) in [5.74, 6) is 0. The first-order chi connectivity index (χ1) is 16.9. The van der Waals surface area contributed by atoms with Crippen molar-refractivity contribution in [3.05, 3.63) is 82.5 Å². The van der Waals surface area contributed by atoms with Crippen LogP contribution in [0.25, 0.3) is 39.1 Å². The van der Waals surface area contributed by atoms with Crippen LogP contribution >= 0.6 is 24.0 Å². The molecule has 0 saturated carbocycles. The fraction of sp³-hybridized carbons (Fsp3) is 0.160. The number of H-pyrrole nitrogens is 1. The van der Waals surface area contributed by atoms with Crippen LogP contribution in [-0.4, -0.2) is 31.7 Å². The minimum absolute atomic E-state index is 0. The van der Waals surface area contributed by atoms with Gasteiger partial charge in [-0.2, -0.15) is 18.3 Å². The average molecular weight is 531 g/mol. The highest BCUT2D eigenvalue weighted by atomic mass is 35.5. The lowest BCUT2D eigenvalue weighted by Crippen LogP contribution is -2.23. The number of hydrogen-bond donors (Lipinski definition) is 2. The van der Waals surface area contributed by atoms with E-state index in [1.165, 1.54) is 17.2 Å². The molecule has 3 aromatic carbocycles. The predicted molar refractivity (Wildman–Crippen MR) is 135 cm³/mol. The first-order valence-corrected chi connectivity index (χ1v) is 11.4. The van der Waals surface area contributed by atoms with Crippen molar-refractivity contribution in [2.24, 2.45) is 0 Å². The van der Waals surface area contributed by atoms with E-state index in [0.29, 0.717) is 22.5 Å². The van der Waals surface area contributed by atoms with Crippen molar-refractivity contribution in [2.45, 2.75) is 19.1 Å². The number of rotatable bonds is 3. The predicted octanol–water partition coefficient (Wildman–Crippen LogP) is 6.22. The van der Waals surface area contributed by atoms with Crippen molar-refractivity contribution in [1.82, 2.24) is 30.5 Å². The van der Waals surface area contributed by atoms with E-state index in [2.05, 4.69) is 38.0 Å². The molecule has 1 aliphatic heterocycles. The standard InChI is InChI=1S/C25H18ClF3N6.ClH/c26-21-5-2-16(11-20(21)25(27,28)29)15-3-6-22-19(10-15)24(33-31-22)23-13-35(34-32-23)18-4-1-14-7-8-30-12-17(14)9-18;/h1-6,9-11,13,30H,7-8,12H2,(H,31,33);1H. The van der Waals surface area contributed by atoms with E-state index in [1.54, 1.807) is 35.1 Å². The number of alkyl halides is 3. The van der Waals surface area contributed by atoms with E-state index < -0.39 is 11.7 Å². The number of aromatic amines is 1. The maximum atomic E-state index is 13.3. The Balaban J connectivity index is 0.00000267. The molecule has 6 rings (SSSR count). The summed E-state index contributed by atoms with van der Waals surface area (Å²) in [5, 5.41) is 19.7. The number of halogens is 5. The van der Waals surface area contributed by atoms with E-state index in [9.17, 15) is 13.2 Å². The first kappa shape index (κ1) is 24.3. The lowest BCUT2D eigenvalue weighted by atomic mass is 10.0. The van der Waals surface area contributed by atoms with Gasteiger partial charge in [-0.3, -0.25) is 5.10 Å². The number of nitrogens with zero attached hydrogens (tertiary/aromatic N) is 4. The molecule has 6 nitrogen and oxygen atoms in total. The van der Waals surface area contributed by atoms with Gasteiger partial charge in [0.1, 0.15) is 11.4 Å². The van der Waals surface area contributed by atoms with Crippen LogP contribution in [0.5, 0.6) is 0 Å². The smallest absolute Gasteiger partial charge is 0.312 e. The summed E-state index contributed by atoms with van der Waals surface area (Å²) < 4.78 is 41.7. The second-order valence-corrected chi connectivity index (χ2v) is 8.86. The van der Waals surface area contributed by atoms with Crippen LogP contribution in [0.4, 0.5) is 13.2 Å². The molecule has 0 spiro atoms. The third-order valence-corrected chi connectivity index (χ3v) is 6.57. The van der Waals surface area contributed by atoms with Gasteiger partial charge in [0.25, 0.3) is 0 Å². The minimum Gasteiger partial charge on any atom is -0.312 e. The lowest BCUT2D eigenvalue weighted by molar-refractivity contribution is -0.137. The van der Waals surface area contributed by atoms with Crippen LogP contribution in [0.3, 0.4) is 0 Å². The second-order valence-electron chi connectivity index (χ2n) is 8.45. The molecule has 3 heterocycles. The van der Waals surface area contributed by atoms with Crippen LogP contribution in [0, 0.1) is 0 Å². The van der Waals surface area contributed by atoms with Gasteiger partial charge in [-0.25, -0.2) is 4.68 Å². The van der Waals surface area contributed by atoms with E-state index in [1.807, 2.05) is 6.07 Å². The Morgan fingerprint density at radius 2 is 1.75 bits per heavy atom. The van der Waals surface area contributed by atoms with Crippen molar-refractivity contribution < 1.29 is 13.2 Å². The van der Waals surface area contributed by atoms with Crippen molar-refractivity contribution in [3.8, 4) is 28.2 Å². The summed E-state index contributed by atoms with van der Waals surface area (Å²) in [4.78, 5) is 0. The number of benzene rings is 3. The summed E-state index contributed by atoms with van der Waals surface area (Å²) in [6, 6.07) is 15.4. The molecule has 11 heteroatoms. The minimum atomic E-state index is -4.54. The largest absolute Gasteiger partial charge is 0.417 e. The van der Waals surface area contributed by atoms with Crippen molar-refractivity contribution >= 4 is 34.9 Å². The van der Waals surface area contributed by atoms with Gasteiger partial charge in [0.05, 0.1) is 28.0 Å². The molecule has 184 valence electrons. The van der Waals surface area contributed by atoms with Gasteiger partial charge >= 0.3 is 6.18 Å². The molecule has 0 bridgehead atoms. The molecule has 1 aliphatic rings. The van der Waals surface area contributed by atoms with Gasteiger partial charge in [-0.1, -0.05) is 35.0 Å². The Kier molecular flexibility index (Phi) is 6.23. The summed E-state index contributed by atoms with van der Waals surface area (Å²) in [6.07, 6.45) is -1.74. The summed E-state index contributed by atoms with van der Waals surface area (Å²) in [5.41, 5.74) is 5.47. The highest BCUT2D eigenvalue weighted by Crippen LogP contribution is 2.38. The fourth-order valence-corrected chi connectivity index (χ4v) is 4.64. The summed E-state index contributed by atoms with van der Waals surface area (Å²) in [7, 11) is 0. The SMILES string of the molecule is Cl.FC(F)(F)c1cc(-c2ccc3[nH]nc(-c4cn(-c5ccc6c(c5)CNCC6)nn4)c3c2)ccc1Cl. The Morgan fingerprint density at radius 3 is 2.58 bits per heavy atom. The van der Waals surface area contributed by atoms with Gasteiger partial charge in [0.2, 0.25) is 0 Å². The molecular weight excluding hydrogens is 512 g/mol. The first-order valence-electron chi connectivity index (χ1n) is 11.0. The average Bonchev–Trinajstić information content (AvgIpc) is 3.50. The molecule has 0 fully saturated rings. The second kappa shape index (κ2) is 9.24. The summed E-state index contributed by atoms with van der Waals surface area (Å²) in [6.45, 7) is 1.79. The van der Waals surface area contributed by atoms with Crippen LogP contribution in [0.15, 0.2) is 60.8 Å². The third kappa shape index (κ3) is 4.34. The van der Waals surface area contributed by atoms with E-state index in [4.69, 9.17) is 11.6 Å². The van der Waals surface area contributed by atoms with Gasteiger partial charge < -0.3 is 5.32 Å². The highest BCUT2D eigenvalue weighted by Gasteiger charge is 2.33. The number of nitrogens with one attached hydrogen (secondary N) is 2. The fourth-order valence-electron chi connectivity index (χ4n) is 4.42. The van der Waals surface area contributed by atoms with Crippen LogP contribution in [0.2, 0.25) is 5.02 Å². The molecule has 36 heavy (non-hydrogen) atoms. The maximum Gasteiger partial charge on any atom is 0.417 e. The van der Waals surface area contributed by atoms with Crippen molar-refractivity contribution in [3.63, 3.8) is 0 Å². The molecule has 0 saturated heterocycles. The Labute approximate surface area is 214 Å². The zero-order valence-electron chi connectivity index (χ0n) is 18.6. The van der Waals surface area contributed by atoms with Gasteiger partial charge in [0, 0.05) is 11.9 Å². The molecular formula is C25H19Cl2F3N6. The topological polar surface area (TPSA) is 71.4 Å². The normalized spacial score (nSPS) is 13.4. The quantitative estimate of drug-likeness (QED) is 0.290. The number of fused-ring (bicyclic) bond motifs is 2. The van der Waals surface area contributed by atoms with Crippen molar-refractivity contribution in [1.29, 1.82) is 0 Å². The van der Waals surface area contributed by atoms with E-state index in [0.717, 1.165) is 42.2 Å². The molecule has 0 atom stereocenters. The zero-order chi connectivity index (χ0) is 24.2. The maximum absolute atomic E-state index is 13.3. The van der Waals surface area contributed by atoms with Crippen molar-refractivity contribution in [2.75, 3.05) is 6.54 Å². The highest BCUT2D eigenvalue weighted by molar-refractivity contribution is 6.31. The molecule has 2 N–H and O–H groups in total. The van der Waals surface area contributed by atoms with Crippen LogP contribution < -0.4 is 5.32 Å². The van der Waals surface area contributed by atoms with Gasteiger partial charge in [-0.15, -0.1) is 17.5 Å². The zero-order valence-corrected chi connectivity index (χ0v) is 20.2. The molecule has 0 unspecified atom stereocenters. The van der Waals surface area contributed by atoms with E-state index >= 15 is 0 Å². The lowest BCUT2D eigenvalue weighted by Gasteiger charge is -2.17. The number of hydrogen-bond acceptors (Lipinski definition) is 4.